The third-order valence-corrected chi connectivity index (χ3v) is 7.64. The summed E-state index contributed by atoms with van der Waals surface area (Å²) < 4.78 is 31.2. The fraction of sp³-hybridized carbons (Fsp3) is 0.600. The first-order valence-electron chi connectivity index (χ1n) is 10.2. The maximum absolute atomic E-state index is 12.6. The van der Waals surface area contributed by atoms with E-state index in [0.29, 0.717) is 11.3 Å². The van der Waals surface area contributed by atoms with Gasteiger partial charge < -0.3 is 10.1 Å². The first-order chi connectivity index (χ1) is 14.1. The molecule has 1 aromatic rings. The molecule has 3 N–H and O–H groups in total. The van der Waals surface area contributed by atoms with Gasteiger partial charge in [-0.25, -0.2) is 18.1 Å². The van der Waals surface area contributed by atoms with Crippen molar-refractivity contribution in [2.75, 3.05) is 19.4 Å². The number of rotatable bonds is 6. The van der Waals surface area contributed by atoms with Crippen LogP contribution in [0, 0.1) is 12.8 Å². The van der Waals surface area contributed by atoms with E-state index < -0.39 is 34.0 Å². The molecule has 0 spiro atoms. The van der Waals surface area contributed by atoms with Crippen molar-refractivity contribution >= 4 is 27.6 Å². The average molecular weight is 439 g/mol. The van der Waals surface area contributed by atoms with Crippen LogP contribution in [0.25, 0.3) is 0 Å². The minimum Gasteiger partial charge on any atom is -0.451 e. The minimum absolute atomic E-state index is 0.0719. The number of ether oxygens (including phenoxy) is 1. The maximum Gasteiger partial charge on any atom is 0.325 e. The number of carbonyl (C=O) groups is 2. The predicted octanol–water partition coefficient (Wildman–Crippen LogP) is 1.15. The summed E-state index contributed by atoms with van der Waals surface area (Å²) in [6, 6.07) is 4.31. The van der Waals surface area contributed by atoms with E-state index in [1.807, 2.05) is 0 Å². The molecule has 166 valence electrons. The first kappa shape index (κ1) is 22.7. The van der Waals surface area contributed by atoms with Gasteiger partial charge in [0.15, 0.2) is 6.10 Å². The topological polar surface area (TPSA) is 117 Å². The zero-order chi connectivity index (χ0) is 22.1. The Hall–Kier alpha value is -2.01. The number of nitrogens with zero attached hydrogens (tertiary/aromatic N) is 1. The van der Waals surface area contributed by atoms with E-state index in [1.165, 1.54) is 33.2 Å². The summed E-state index contributed by atoms with van der Waals surface area (Å²) in [7, 11) is -0.748. The summed E-state index contributed by atoms with van der Waals surface area (Å²) in [6.45, 7) is 3.26. The molecule has 1 aromatic carbocycles. The van der Waals surface area contributed by atoms with Crippen molar-refractivity contribution in [3.05, 3.63) is 23.8 Å². The zero-order valence-electron chi connectivity index (χ0n) is 17.8. The second-order valence-corrected chi connectivity index (χ2v) is 10.3. The van der Waals surface area contributed by atoms with Crippen LogP contribution < -0.4 is 16.2 Å². The molecule has 2 aliphatic rings. The van der Waals surface area contributed by atoms with Crippen molar-refractivity contribution in [1.82, 2.24) is 15.2 Å². The Kier molecular flexibility index (Phi) is 6.81. The van der Waals surface area contributed by atoms with Crippen molar-refractivity contribution < 1.29 is 22.7 Å². The van der Waals surface area contributed by atoms with Crippen LogP contribution in [-0.4, -0.2) is 56.9 Å². The molecule has 1 saturated heterocycles. The highest BCUT2D eigenvalue weighted by Gasteiger charge is 2.42. The third-order valence-electron chi connectivity index (χ3n) is 5.83. The lowest BCUT2D eigenvalue weighted by Crippen LogP contribution is -2.43. The average Bonchev–Trinajstić information content (AvgIpc) is 3.13. The summed E-state index contributed by atoms with van der Waals surface area (Å²) in [5, 5.41) is 2.68. The minimum atomic E-state index is -3.63. The van der Waals surface area contributed by atoms with E-state index in [1.54, 1.807) is 13.0 Å². The molecule has 0 radical (unpaired) electrons. The first-order valence-corrected chi connectivity index (χ1v) is 11.6. The van der Waals surface area contributed by atoms with Gasteiger partial charge >= 0.3 is 5.97 Å². The SMILES string of the molecule is Cc1ccc(S(=O)(=O)N(C)C)cc1NC(=O)C(C)OC(=O)C1NNC2CCCCC21. The van der Waals surface area contributed by atoms with Gasteiger partial charge in [-0.05, 0) is 44.4 Å². The molecule has 1 heterocycles. The number of sulfonamides is 1. The van der Waals surface area contributed by atoms with Crippen LogP contribution in [0.5, 0.6) is 0 Å². The highest BCUT2D eigenvalue weighted by atomic mass is 32.2. The number of hydrogen-bond donors (Lipinski definition) is 3. The molecule has 0 aromatic heterocycles. The second-order valence-electron chi connectivity index (χ2n) is 8.15. The molecular formula is C20H30N4O5S. The lowest BCUT2D eigenvalue weighted by Gasteiger charge is -2.26. The van der Waals surface area contributed by atoms with Crippen LogP contribution in [0.1, 0.15) is 38.2 Å². The van der Waals surface area contributed by atoms with Gasteiger partial charge in [0, 0.05) is 31.7 Å². The zero-order valence-corrected chi connectivity index (χ0v) is 18.6. The number of carbonyl (C=O) groups excluding carboxylic acids is 2. The molecule has 4 atom stereocenters. The molecule has 1 aliphatic carbocycles. The highest BCUT2D eigenvalue weighted by Crippen LogP contribution is 2.30. The number of anilines is 1. The second kappa shape index (κ2) is 9.01. The number of nitrogens with one attached hydrogen (secondary N) is 3. The summed E-state index contributed by atoms with van der Waals surface area (Å²) in [5.74, 6) is -0.811. The number of aryl methyl sites for hydroxylation is 1. The molecule has 10 heteroatoms. The van der Waals surface area contributed by atoms with E-state index in [2.05, 4.69) is 16.2 Å². The Morgan fingerprint density at radius 3 is 2.60 bits per heavy atom. The predicted molar refractivity (Wildman–Crippen MR) is 112 cm³/mol. The van der Waals surface area contributed by atoms with Crippen molar-refractivity contribution in [2.45, 2.75) is 62.6 Å². The number of esters is 1. The Morgan fingerprint density at radius 2 is 1.90 bits per heavy atom. The van der Waals surface area contributed by atoms with Crippen molar-refractivity contribution in [3.8, 4) is 0 Å². The Morgan fingerprint density at radius 1 is 1.20 bits per heavy atom. The van der Waals surface area contributed by atoms with Crippen LogP contribution in [-0.2, 0) is 24.3 Å². The number of benzene rings is 1. The molecule has 9 nitrogen and oxygen atoms in total. The largest absolute Gasteiger partial charge is 0.451 e. The smallest absolute Gasteiger partial charge is 0.325 e. The van der Waals surface area contributed by atoms with E-state index in [-0.39, 0.29) is 16.9 Å². The van der Waals surface area contributed by atoms with Gasteiger partial charge in [0.05, 0.1) is 4.90 Å². The van der Waals surface area contributed by atoms with E-state index in [4.69, 9.17) is 4.74 Å². The summed E-state index contributed by atoms with van der Waals surface area (Å²) >= 11 is 0. The molecular weight excluding hydrogens is 408 g/mol. The Balaban J connectivity index is 1.65. The van der Waals surface area contributed by atoms with E-state index in [0.717, 1.165) is 30.0 Å². The Labute approximate surface area is 177 Å². The molecule has 2 fully saturated rings. The van der Waals surface area contributed by atoms with Gasteiger partial charge in [0.1, 0.15) is 6.04 Å². The quantitative estimate of drug-likeness (QED) is 0.571. The van der Waals surface area contributed by atoms with Crippen LogP contribution in [0.3, 0.4) is 0 Å². The molecule has 4 unspecified atom stereocenters. The van der Waals surface area contributed by atoms with Crippen LogP contribution >= 0.6 is 0 Å². The molecule has 3 rings (SSSR count). The van der Waals surface area contributed by atoms with Crippen molar-refractivity contribution in [3.63, 3.8) is 0 Å². The van der Waals surface area contributed by atoms with Crippen LogP contribution in [0.2, 0.25) is 0 Å². The van der Waals surface area contributed by atoms with Gasteiger partial charge in [-0.3, -0.25) is 15.0 Å². The number of fused-ring (bicyclic) bond motifs is 1. The third kappa shape index (κ3) is 4.66. The summed E-state index contributed by atoms with van der Waals surface area (Å²) in [6.07, 6.45) is 3.16. The number of hydrazine groups is 1. The number of hydrogen-bond acceptors (Lipinski definition) is 7. The van der Waals surface area contributed by atoms with Crippen molar-refractivity contribution in [2.24, 2.45) is 5.92 Å². The lowest BCUT2D eigenvalue weighted by atomic mass is 9.82. The standard InChI is InChI=1S/C20H30N4O5S/c1-12-9-10-14(30(27,28)24(3)4)11-17(12)21-19(25)13(2)29-20(26)18-15-7-5-6-8-16(15)22-23-18/h9-11,13,15-16,18,22-23H,5-8H2,1-4H3,(H,21,25). The Bertz CT molecular complexity index is 918. The molecule has 1 saturated carbocycles. The highest BCUT2D eigenvalue weighted by molar-refractivity contribution is 7.89. The van der Waals surface area contributed by atoms with Crippen LogP contribution in [0.4, 0.5) is 5.69 Å². The maximum atomic E-state index is 12.6. The molecule has 30 heavy (non-hydrogen) atoms. The lowest BCUT2D eigenvalue weighted by molar-refractivity contribution is -0.156. The molecule has 0 bridgehead atoms. The van der Waals surface area contributed by atoms with Gasteiger partial charge in [-0.1, -0.05) is 18.9 Å². The van der Waals surface area contributed by atoms with E-state index >= 15 is 0 Å². The molecule has 1 amide bonds. The van der Waals surface area contributed by atoms with Gasteiger partial charge in [0.25, 0.3) is 5.91 Å². The van der Waals surface area contributed by atoms with Gasteiger partial charge in [-0.2, -0.15) is 0 Å². The number of amides is 1. The van der Waals surface area contributed by atoms with Crippen LogP contribution in [0.15, 0.2) is 23.1 Å². The monoisotopic (exact) mass is 438 g/mol. The van der Waals surface area contributed by atoms with Gasteiger partial charge in [0.2, 0.25) is 10.0 Å². The summed E-state index contributed by atoms with van der Waals surface area (Å²) in [5.41, 5.74) is 7.23. The van der Waals surface area contributed by atoms with E-state index in [9.17, 15) is 18.0 Å². The summed E-state index contributed by atoms with van der Waals surface area (Å²) in [4.78, 5) is 25.3. The fourth-order valence-electron chi connectivity index (χ4n) is 3.92. The fourth-order valence-corrected chi connectivity index (χ4v) is 4.85. The van der Waals surface area contributed by atoms with Crippen molar-refractivity contribution in [1.29, 1.82) is 0 Å². The molecule has 1 aliphatic heterocycles. The normalized spacial score (nSPS) is 24.9. The van der Waals surface area contributed by atoms with Gasteiger partial charge in [-0.15, -0.1) is 0 Å².